The lowest BCUT2D eigenvalue weighted by molar-refractivity contribution is -0.384. The second-order valence-electron chi connectivity index (χ2n) is 9.76. The maximum Gasteiger partial charge on any atom is 0.337 e. The zero-order valence-electron chi connectivity index (χ0n) is 21.4. The Hall–Kier alpha value is -3.98. The van der Waals surface area contributed by atoms with E-state index in [9.17, 15) is 19.7 Å². The van der Waals surface area contributed by atoms with Crippen molar-refractivity contribution in [3.05, 3.63) is 98.4 Å². The fourth-order valence-electron chi connectivity index (χ4n) is 5.16. The van der Waals surface area contributed by atoms with Crippen LogP contribution in [0.1, 0.15) is 44.2 Å². The minimum atomic E-state index is -0.883. The van der Waals surface area contributed by atoms with E-state index in [2.05, 4.69) is 22.3 Å². The highest BCUT2D eigenvalue weighted by Gasteiger charge is 2.42. The van der Waals surface area contributed by atoms with Crippen LogP contribution >= 0.6 is 0 Å². The van der Waals surface area contributed by atoms with Crippen molar-refractivity contribution in [2.45, 2.75) is 45.3 Å². The number of hydrogen-bond donors (Lipinski definition) is 1. The van der Waals surface area contributed by atoms with E-state index in [1.54, 1.807) is 19.9 Å². The molecule has 0 aromatic heterocycles. The first-order chi connectivity index (χ1) is 17.6. The number of hydrogen-bond acceptors (Lipinski definition) is 8. The SMILES string of the molecule is COC(=O)C1=C(C)NC(C)=C(C(=O)OC2(C)CCN(Cc3ccccc3)C2)[C@H]1c1cccc([N+](=O)[O-])c1. The molecule has 0 amide bonds. The van der Waals surface area contributed by atoms with E-state index in [0.29, 0.717) is 29.9 Å². The first kappa shape index (κ1) is 26.1. The molecule has 9 nitrogen and oxygen atoms in total. The average molecular weight is 506 g/mol. The number of carbonyl (C=O) groups is 2. The highest BCUT2D eigenvalue weighted by molar-refractivity contribution is 6.00. The molecule has 2 aliphatic rings. The quantitative estimate of drug-likeness (QED) is 0.338. The fourth-order valence-corrected chi connectivity index (χ4v) is 5.16. The van der Waals surface area contributed by atoms with Gasteiger partial charge in [-0.25, -0.2) is 9.59 Å². The van der Waals surface area contributed by atoms with E-state index < -0.39 is 28.4 Å². The topological polar surface area (TPSA) is 111 Å². The van der Waals surface area contributed by atoms with Crippen molar-refractivity contribution in [1.29, 1.82) is 0 Å². The minimum absolute atomic E-state index is 0.136. The summed E-state index contributed by atoms with van der Waals surface area (Å²) in [6.07, 6.45) is 0.658. The zero-order valence-corrected chi connectivity index (χ0v) is 21.4. The van der Waals surface area contributed by atoms with Gasteiger partial charge in [0.05, 0.1) is 29.1 Å². The van der Waals surface area contributed by atoms with Gasteiger partial charge in [-0.2, -0.15) is 0 Å². The Labute approximate surface area is 215 Å². The van der Waals surface area contributed by atoms with E-state index in [1.165, 1.54) is 30.9 Å². The summed E-state index contributed by atoms with van der Waals surface area (Å²) < 4.78 is 11.1. The number of non-ortho nitro benzene ring substituents is 1. The Morgan fingerprint density at radius 2 is 1.76 bits per heavy atom. The molecule has 194 valence electrons. The molecular formula is C28H31N3O6. The molecule has 2 aromatic carbocycles. The summed E-state index contributed by atoms with van der Waals surface area (Å²) in [5.74, 6) is -2.08. The van der Waals surface area contributed by atoms with Crippen LogP contribution < -0.4 is 5.32 Å². The number of esters is 2. The Kier molecular flexibility index (Phi) is 7.45. The number of dihydropyridines is 1. The Balaban J connectivity index is 1.64. The number of methoxy groups -OCH3 is 1. The van der Waals surface area contributed by atoms with Crippen LogP contribution in [0.15, 0.2) is 77.1 Å². The maximum absolute atomic E-state index is 13.8. The monoisotopic (exact) mass is 505 g/mol. The van der Waals surface area contributed by atoms with Crippen LogP contribution in [0.2, 0.25) is 0 Å². The molecule has 37 heavy (non-hydrogen) atoms. The molecule has 0 spiro atoms. The Morgan fingerprint density at radius 1 is 1.08 bits per heavy atom. The minimum Gasteiger partial charge on any atom is -0.466 e. The molecule has 0 bridgehead atoms. The summed E-state index contributed by atoms with van der Waals surface area (Å²) >= 11 is 0. The smallest absolute Gasteiger partial charge is 0.337 e. The number of allylic oxidation sites excluding steroid dienone is 2. The lowest BCUT2D eigenvalue weighted by Gasteiger charge is -2.32. The van der Waals surface area contributed by atoms with Gasteiger partial charge < -0.3 is 14.8 Å². The molecule has 2 aromatic rings. The van der Waals surface area contributed by atoms with Crippen LogP contribution in [-0.2, 0) is 25.6 Å². The number of likely N-dealkylation sites (tertiary alicyclic amines) is 1. The van der Waals surface area contributed by atoms with E-state index in [0.717, 1.165) is 13.1 Å². The van der Waals surface area contributed by atoms with Crippen LogP contribution in [0.25, 0.3) is 0 Å². The van der Waals surface area contributed by atoms with Gasteiger partial charge in [0.1, 0.15) is 5.60 Å². The van der Waals surface area contributed by atoms with Gasteiger partial charge in [0, 0.05) is 49.6 Å². The van der Waals surface area contributed by atoms with Crippen molar-refractivity contribution in [2.24, 2.45) is 0 Å². The number of nitro groups is 1. The molecule has 0 aliphatic carbocycles. The lowest BCUT2D eigenvalue weighted by atomic mass is 9.80. The van der Waals surface area contributed by atoms with E-state index >= 15 is 0 Å². The predicted octanol–water partition coefficient (Wildman–Crippen LogP) is 4.21. The number of nitrogens with one attached hydrogen (secondary N) is 1. The molecular weight excluding hydrogens is 474 g/mol. The molecule has 1 unspecified atom stereocenters. The number of carbonyl (C=O) groups excluding carboxylic acids is 2. The van der Waals surface area contributed by atoms with Gasteiger partial charge in [-0.3, -0.25) is 15.0 Å². The molecule has 4 rings (SSSR count). The second kappa shape index (κ2) is 10.6. The number of ether oxygens (including phenoxy) is 2. The molecule has 2 heterocycles. The first-order valence-corrected chi connectivity index (χ1v) is 12.1. The normalized spacial score (nSPS) is 22.0. The van der Waals surface area contributed by atoms with E-state index in [1.807, 2.05) is 25.1 Å². The number of benzene rings is 2. The van der Waals surface area contributed by atoms with Crippen molar-refractivity contribution in [3.63, 3.8) is 0 Å². The summed E-state index contributed by atoms with van der Waals surface area (Å²) in [5.41, 5.74) is 2.23. The van der Waals surface area contributed by atoms with Gasteiger partial charge >= 0.3 is 11.9 Å². The Morgan fingerprint density at radius 3 is 2.41 bits per heavy atom. The zero-order chi connectivity index (χ0) is 26.7. The predicted molar refractivity (Wildman–Crippen MR) is 137 cm³/mol. The molecule has 0 radical (unpaired) electrons. The summed E-state index contributed by atoms with van der Waals surface area (Å²) in [7, 11) is 1.26. The molecule has 1 fully saturated rings. The van der Waals surface area contributed by atoms with Crippen LogP contribution in [0, 0.1) is 10.1 Å². The number of rotatable bonds is 7. The third kappa shape index (κ3) is 5.56. The highest BCUT2D eigenvalue weighted by atomic mass is 16.6. The molecule has 2 atom stereocenters. The van der Waals surface area contributed by atoms with Crippen molar-refractivity contribution in [3.8, 4) is 0 Å². The molecule has 9 heteroatoms. The van der Waals surface area contributed by atoms with Crippen molar-refractivity contribution in [1.82, 2.24) is 10.2 Å². The average Bonchev–Trinajstić information content (AvgIpc) is 3.23. The van der Waals surface area contributed by atoms with Gasteiger partial charge in [0.15, 0.2) is 0 Å². The van der Waals surface area contributed by atoms with Gasteiger partial charge in [0.2, 0.25) is 0 Å². The van der Waals surface area contributed by atoms with Gasteiger partial charge in [-0.05, 0) is 31.9 Å². The molecule has 2 aliphatic heterocycles. The van der Waals surface area contributed by atoms with E-state index in [-0.39, 0.29) is 16.8 Å². The summed E-state index contributed by atoms with van der Waals surface area (Å²) in [4.78, 5) is 39.8. The van der Waals surface area contributed by atoms with Gasteiger partial charge in [-0.15, -0.1) is 0 Å². The summed E-state index contributed by atoms with van der Waals surface area (Å²) in [6.45, 7) is 7.44. The first-order valence-electron chi connectivity index (χ1n) is 12.1. The van der Waals surface area contributed by atoms with Crippen LogP contribution in [-0.4, -0.2) is 47.6 Å². The Bertz CT molecular complexity index is 1290. The third-order valence-electron chi connectivity index (χ3n) is 6.90. The third-order valence-corrected chi connectivity index (χ3v) is 6.90. The standard InChI is InChI=1S/C28H31N3O6/c1-18-23(26(32)36-4)25(21-11-8-12-22(15-21)31(34)35)24(19(2)29-18)27(33)37-28(3)13-14-30(17-28)16-20-9-6-5-7-10-20/h5-12,15,25,29H,13-14,16-17H2,1-4H3/t25-,28?/m0/s1. The maximum atomic E-state index is 13.8. The van der Waals surface area contributed by atoms with Crippen molar-refractivity contribution in [2.75, 3.05) is 20.2 Å². The van der Waals surface area contributed by atoms with E-state index in [4.69, 9.17) is 9.47 Å². The van der Waals surface area contributed by atoms with Crippen LogP contribution in [0.4, 0.5) is 5.69 Å². The highest BCUT2D eigenvalue weighted by Crippen LogP contribution is 2.41. The number of nitrogens with zero attached hydrogens (tertiary/aromatic N) is 2. The lowest BCUT2D eigenvalue weighted by Crippen LogP contribution is -2.38. The van der Waals surface area contributed by atoms with Crippen molar-refractivity contribution >= 4 is 17.6 Å². The number of nitro benzene ring substituents is 1. The summed E-state index contributed by atoms with van der Waals surface area (Å²) in [5, 5.41) is 14.6. The van der Waals surface area contributed by atoms with Crippen LogP contribution in [0.3, 0.4) is 0 Å². The summed E-state index contributed by atoms with van der Waals surface area (Å²) in [6, 6.07) is 16.1. The van der Waals surface area contributed by atoms with Gasteiger partial charge in [0.25, 0.3) is 5.69 Å². The molecule has 1 saturated heterocycles. The fraction of sp³-hybridized carbons (Fsp3) is 0.357. The van der Waals surface area contributed by atoms with Crippen LogP contribution in [0.5, 0.6) is 0 Å². The molecule has 1 N–H and O–H groups in total. The van der Waals surface area contributed by atoms with Gasteiger partial charge in [-0.1, -0.05) is 42.5 Å². The van der Waals surface area contributed by atoms with Crippen molar-refractivity contribution < 1.29 is 24.0 Å². The largest absolute Gasteiger partial charge is 0.466 e. The molecule has 0 saturated carbocycles. The second-order valence-corrected chi connectivity index (χ2v) is 9.76.